The predicted octanol–water partition coefficient (Wildman–Crippen LogP) is 6.84. The van der Waals surface area contributed by atoms with Crippen LogP contribution >= 0.6 is 0 Å². The Morgan fingerprint density at radius 1 is 0.667 bits per heavy atom. The van der Waals surface area contributed by atoms with Crippen molar-refractivity contribution in [3.63, 3.8) is 0 Å². The fourth-order valence-corrected chi connectivity index (χ4v) is 2.86. The van der Waals surface area contributed by atoms with Crippen molar-refractivity contribution in [2.45, 2.75) is 124 Å². The van der Waals surface area contributed by atoms with Gasteiger partial charge in [0.15, 0.2) is 0 Å². The third-order valence-electron chi connectivity index (χ3n) is 5.28. The molecule has 0 heterocycles. The summed E-state index contributed by atoms with van der Waals surface area (Å²) in [6, 6.07) is 0.380. The number of hydrogen-bond donors (Lipinski definition) is 1. The minimum Gasteiger partial charge on any atom is -0.327 e. The molecule has 0 aliphatic heterocycles. The van der Waals surface area contributed by atoms with Crippen molar-refractivity contribution < 1.29 is 0 Å². The summed E-state index contributed by atoms with van der Waals surface area (Å²) in [6.45, 7) is 9.15. The summed E-state index contributed by atoms with van der Waals surface area (Å²) >= 11 is 0. The average molecular weight is 298 g/mol. The van der Waals surface area contributed by atoms with Crippen molar-refractivity contribution in [1.82, 2.24) is 0 Å². The minimum absolute atomic E-state index is 0.317. The van der Waals surface area contributed by atoms with Gasteiger partial charge in [0.1, 0.15) is 0 Å². The monoisotopic (exact) mass is 297 g/mol. The van der Waals surface area contributed by atoms with Crippen molar-refractivity contribution >= 4 is 0 Å². The number of nitrogens with two attached hydrogens (primary N) is 1. The van der Waals surface area contributed by atoms with Crippen LogP contribution in [0.15, 0.2) is 0 Å². The van der Waals surface area contributed by atoms with Gasteiger partial charge in [-0.25, -0.2) is 0 Å². The number of hydrogen-bond acceptors (Lipinski definition) is 1. The molecule has 21 heavy (non-hydrogen) atoms. The molecule has 0 fully saturated rings. The van der Waals surface area contributed by atoms with Gasteiger partial charge in [-0.2, -0.15) is 0 Å². The molecule has 1 heteroatoms. The van der Waals surface area contributed by atoms with Gasteiger partial charge in [0.25, 0.3) is 0 Å². The Kier molecular flexibility index (Phi) is 13.6. The third-order valence-corrected chi connectivity index (χ3v) is 5.28. The summed E-state index contributed by atoms with van der Waals surface area (Å²) in [5.41, 5.74) is 6.61. The third kappa shape index (κ3) is 12.2. The Balaban J connectivity index is 3.23. The zero-order chi connectivity index (χ0) is 16.0. The van der Waals surface area contributed by atoms with E-state index in [0.29, 0.717) is 11.5 Å². The molecule has 0 radical (unpaired) electrons. The molecule has 0 aromatic heterocycles. The van der Waals surface area contributed by atoms with Crippen LogP contribution in [-0.2, 0) is 0 Å². The van der Waals surface area contributed by atoms with Gasteiger partial charge in [0.2, 0.25) is 0 Å². The van der Waals surface area contributed by atoms with Crippen LogP contribution in [0.2, 0.25) is 0 Å². The second-order valence-corrected chi connectivity index (χ2v) is 7.63. The molecule has 0 bridgehead atoms. The van der Waals surface area contributed by atoms with E-state index in [0.717, 1.165) is 0 Å². The molecule has 0 spiro atoms. The zero-order valence-electron chi connectivity index (χ0n) is 15.6. The molecule has 0 saturated carbocycles. The molecular formula is C20H43N. The van der Waals surface area contributed by atoms with Crippen molar-refractivity contribution in [2.75, 3.05) is 0 Å². The molecule has 0 aromatic carbocycles. The summed E-state index contributed by atoms with van der Waals surface area (Å²) in [5, 5.41) is 0. The van der Waals surface area contributed by atoms with Crippen LogP contribution in [0.1, 0.15) is 118 Å². The van der Waals surface area contributed by atoms with Gasteiger partial charge in [-0.1, -0.05) is 105 Å². The summed E-state index contributed by atoms with van der Waals surface area (Å²) in [4.78, 5) is 0. The lowest BCUT2D eigenvalue weighted by atomic mass is 9.80. The lowest BCUT2D eigenvalue weighted by molar-refractivity contribution is 0.257. The van der Waals surface area contributed by atoms with Gasteiger partial charge < -0.3 is 5.73 Å². The van der Waals surface area contributed by atoms with E-state index < -0.39 is 0 Å². The van der Waals surface area contributed by atoms with Gasteiger partial charge in [0.05, 0.1) is 0 Å². The highest BCUT2D eigenvalue weighted by atomic mass is 14.7. The highest BCUT2D eigenvalue weighted by Gasteiger charge is 2.23. The molecular weight excluding hydrogens is 254 g/mol. The Morgan fingerprint density at radius 2 is 1.05 bits per heavy atom. The van der Waals surface area contributed by atoms with Crippen LogP contribution in [0.25, 0.3) is 0 Å². The highest BCUT2D eigenvalue weighted by Crippen LogP contribution is 2.26. The van der Waals surface area contributed by atoms with Crippen LogP contribution in [-0.4, -0.2) is 6.04 Å². The summed E-state index contributed by atoms with van der Waals surface area (Å²) in [5.74, 6) is 0. The molecule has 1 nitrogen and oxygen atoms in total. The van der Waals surface area contributed by atoms with Crippen LogP contribution in [0, 0.1) is 5.41 Å². The van der Waals surface area contributed by atoms with Crippen molar-refractivity contribution in [1.29, 1.82) is 0 Å². The van der Waals surface area contributed by atoms with Gasteiger partial charge in [-0.05, 0) is 18.3 Å². The number of unbranched alkanes of at least 4 members (excludes halogenated alkanes) is 11. The van der Waals surface area contributed by atoms with Crippen LogP contribution in [0.4, 0.5) is 0 Å². The number of rotatable bonds is 15. The van der Waals surface area contributed by atoms with Crippen LogP contribution in [0.5, 0.6) is 0 Å². The van der Waals surface area contributed by atoms with Crippen molar-refractivity contribution in [3.8, 4) is 0 Å². The van der Waals surface area contributed by atoms with E-state index in [4.69, 9.17) is 5.73 Å². The fraction of sp³-hybridized carbons (Fsp3) is 1.00. The first-order chi connectivity index (χ1) is 10.0. The molecule has 0 aliphatic rings. The first-order valence-electron chi connectivity index (χ1n) is 9.80. The lowest BCUT2D eigenvalue weighted by Gasteiger charge is -2.30. The SMILES string of the molecule is CCCCCCCCCCCCCCC(N)C(C)(C)CC. The standard InChI is InChI=1S/C20H43N/c1-5-7-8-9-10-11-12-13-14-15-16-17-18-19(21)20(3,4)6-2/h19H,5-18,21H2,1-4H3. The lowest BCUT2D eigenvalue weighted by Crippen LogP contribution is -2.36. The van der Waals surface area contributed by atoms with Crippen LogP contribution < -0.4 is 5.73 Å². The molecule has 1 atom stereocenters. The molecule has 0 rings (SSSR count). The quantitative estimate of drug-likeness (QED) is 0.329. The molecule has 0 saturated heterocycles. The molecule has 0 amide bonds. The van der Waals surface area contributed by atoms with E-state index in [1.165, 1.54) is 89.9 Å². The van der Waals surface area contributed by atoms with Crippen molar-refractivity contribution in [3.05, 3.63) is 0 Å². The topological polar surface area (TPSA) is 26.0 Å². The van der Waals surface area contributed by atoms with Crippen LogP contribution in [0.3, 0.4) is 0 Å². The molecule has 1 unspecified atom stereocenters. The van der Waals surface area contributed by atoms with Gasteiger partial charge >= 0.3 is 0 Å². The van der Waals surface area contributed by atoms with E-state index in [2.05, 4.69) is 27.7 Å². The molecule has 2 N–H and O–H groups in total. The summed E-state index contributed by atoms with van der Waals surface area (Å²) < 4.78 is 0. The minimum atomic E-state index is 0.317. The Morgan fingerprint density at radius 3 is 1.43 bits per heavy atom. The van der Waals surface area contributed by atoms with Gasteiger partial charge in [-0.15, -0.1) is 0 Å². The molecule has 0 aliphatic carbocycles. The van der Waals surface area contributed by atoms with E-state index in [1.54, 1.807) is 0 Å². The van der Waals surface area contributed by atoms with Crippen molar-refractivity contribution in [2.24, 2.45) is 11.1 Å². The second kappa shape index (κ2) is 13.6. The van der Waals surface area contributed by atoms with E-state index in [9.17, 15) is 0 Å². The van der Waals surface area contributed by atoms with E-state index in [1.807, 2.05) is 0 Å². The summed E-state index contributed by atoms with van der Waals surface area (Å²) in [7, 11) is 0. The Bertz CT molecular complexity index is 210. The molecule has 128 valence electrons. The normalized spacial score (nSPS) is 13.6. The first kappa shape index (κ1) is 21.0. The average Bonchev–Trinajstić information content (AvgIpc) is 2.48. The zero-order valence-corrected chi connectivity index (χ0v) is 15.6. The fourth-order valence-electron chi connectivity index (χ4n) is 2.86. The predicted molar refractivity (Wildman–Crippen MR) is 97.7 cm³/mol. The van der Waals surface area contributed by atoms with E-state index in [-0.39, 0.29) is 0 Å². The van der Waals surface area contributed by atoms with Gasteiger partial charge in [-0.3, -0.25) is 0 Å². The maximum atomic E-state index is 6.29. The Labute approximate surface area is 135 Å². The Hall–Kier alpha value is -0.0400. The smallest absolute Gasteiger partial charge is 0.00901 e. The maximum absolute atomic E-state index is 6.29. The molecule has 0 aromatic rings. The summed E-state index contributed by atoms with van der Waals surface area (Å²) in [6.07, 6.45) is 19.4. The van der Waals surface area contributed by atoms with Gasteiger partial charge in [0, 0.05) is 6.04 Å². The second-order valence-electron chi connectivity index (χ2n) is 7.63. The van der Waals surface area contributed by atoms with E-state index >= 15 is 0 Å². The first-order valence-corrected chi connectivity index (χ1v) is 9.80. The maximum Gasteiger partial charge on any atom is 0.00901 e. The largest absolute Gasteiger partial charge is 0.327 e. The highest BCUT2D eigenvalue weighted by molar-refractivity contribution is 4.79.